The lowest BCUT2D eigenvalue weighted by molar-refractivity contribution is 0.174. The van der Waals surface area contributed by atoms with E-state index in [-0.39, 0.29) is 6.04 Å². The molecule has 0 saturated heterocycles. The molecule has 1 aliphatic carbocycles. The molecule has 2 rings (SSSR count). The van der Waals surface area contributed by atoms with E-state index < -0.39 is 0 Å². The molecule has 6 heteroatoms. The van der Waals surface area contributed by atoms with Crippen molar-refractivity contribution in [2.45, 2.75) is 32.2 Å². The summed E-state index contributed by atoms with van der Waals surface area (Å²) in [5, 5.41) is 11.0. The second-order valence-electron chi connectivity index (χ2n) is 4.83. The Morgan fingerprint density at radius 3 is 2.82 bits per heavy atom. The third-order valence-electron chi connectivity index (χ3n) is 3.24. The molecule has 17 heavy (non-hydrogen) atoms. The largest absolute Gasteiger partial charge is 0.406 e. The molecule has 1 aromatic heterocycles. The van der Waals surface area contributed by atoms with E-state index in [2.05, 4.69) is 15.5 Å². The topological polar surface area (TPSA) is 86.2 Å². The van der Waals surface area contributed by atoms with Gasteiger partial charge in [0.05, 0.1) is 6.04 Å². The smallest absolute Gasteiger partial charge is 0.315 e. The monoisotopic (exact) mass is 240 g/mol. The molecule has 6 nitrogen and oxygen atoms in total. The molecular weight excluding hydrogens is 220 g/mol. The minimum atomic E-state index is -0.221. The summed E-state index contributed by atoms with van der Waals surface area (Å²) in [4.78, 5) is 0. The Balaban J connectivity index is 1.81. The first-order chi connectivity index (χ1) is 8.15. The second kappa shape index (κ2) is 5.01. The summed E-state index contributed by atoms with van der Waals surface area (Å²) in [6.45, 7) is 3.48. The van der Waals surface area contributed by atoms with Gasteiger partial charge >= 0.3 is 6.01 Å². The van der Waals surface area contributed by atoms with E-state index in [9.17, 15) is 0 Å². The molecule has 1 fully saturated rings. The van der Waals surface area contributed by atoms with Crippen LogP contribution in [-0.2, 0) is 4.74 Å². The second-order valence-corrected chi connectivity index (χ2v) is 4.83. The van der Waals surface area contributed by atoms with Crippen molar-refractivity contribution < 1.29 is 9.15 Å². The van der Waals surface area contributed by atoms with Crippen molar-refractivity contribution in [3.63, 3.8) is 0 Å². The maximum Gasteiger partial charge on any atom is 0.315 e. The van der Waals surface area contributed by atoms with Gasteiger partial charge in [0.15, 0.2) is 0 Å². The highest BCUT2D eigenvalue weighted by molar-refractivity contribution is 5.20. The highest BCUT2D eigenvalue weighted by Gasteiger charge is 2.42. The van der Waals surface area contributed by atoms with E-state index in [0.717, 1.165) is 19.6 Å². The van der Waals surface area contributed by atoms with Crippen LogP contribution in [-0.4, -0.2) is 30.5 Å². The lowest BCUT2D eigenvalue weighted by atomic mass is 10.0. The number of nitrogens with zero attached hydrogens (tertiary/aromatic N) is 2. The van der Waals surface area contributed by atoms with Gasteiger partial charge < -0.3 is 20.2 Å². The van der Waals surface area contributed by atoms with Gasteiger partial charge in [-0.15, -0.1) is 5.10 Å². The number of hydrogen-bond acceptors (Lipinski definition) is 6. The van der Waals surface area contributed by atoms with Gasteiger partial charge in [-0.05, 0) is 31.6 Å². The quantitative estimate of drug-likeness (QED) is 0.747. The molecule has 1 aromatic rings. The highest BCUT2D eigenvalue weighted by Crippen LogP contribution is 2.48. The minimum absolute atomic E-state index is 0.221. The van der Waals surface area contributed by atoms with Gasteiger partial charge in [-0.25, -0.2) is 0 Å². The number of rotatable bonds is 7. The SMILES string of the molecule is COCCC1(CNc2nnc(C(C)N)o2)CC1. The van der Waals surface area contributed by atoms with E-state index in [4.69, 9.17) is 14.9 Å². The molecule has 0 bridgehead atoms. The van der Waals surface area contributed by atoms with Gasteiger partial charge in [-0.1, -0.05) is 5.10 Å². The molecule has 1 unspecified atom stereocenters. The Kier molecular flexibility index (Phi) is 3.63. The molecule has 96 valence electrons. The van der Waals surface area contributed by atoms with Crippen molar-refractivity contribution in [2.24, 2.45) is 11.1 Å². The van der Waals surface area contributed by atoms with Crippen LogP contribution in [0.3, 0.4) is 0 Å². The number of ether oxygens (including phenoxy) is 1. The van der Waals surface area contributed by atoms with E-state index in [0.29, 0.717) is 17.3 Å². The van der Waals surface area contributed by atoms with Crippen molar-refractivity contribution in [3.05, 3.63) is 5.89 Å². The molecule has 1 saturated carbocycles. The molecule has 3 N–H and O–H groups in total. The lowest BCUT2D eigenvalue weighted by Gasteiger charge is -2.13. The first kappa shape index (κ1) is 12.3. The molecule has 1 atom stereocenters. The van der Waals surface area contributed by atoms with Crippen LogP contribution in [0.25, 0.3) is 0 Å². The Morgan fingerprint density at radius 1 is 1.53 bits per heavy atom. The predicted molar refractivity (Wildman–Crippen MR) is 63.6 cm³/mol. The minimum Gasteiger partial charge on any atom is -0.406 e. The van der Waals surface area contributed by atoms with E-state index in [1.165, 1.54) is 12.8 Å². The maximum absolute atomic E-state index is 5.65. The number of hydrogen-bond donors (Lipinski definition) is 2. The fourth-order valence-corrected chi connectivity index (χ4v) is 1.76. The first-order valence-corrected chi connectivity index (χ1v) is 5.97. The zero-order chi connectivity index (χ0) is 12.3. The lowest BCUT2D eigenvalue weighted by Crippen LogP contribution is -2.17. The van der Waals surface area contributed by atoms with Crippen LogP contribution in [0, 0.1) is 5.41 Å². The zero-order valence-electron chi connectivity index (χ0n) is 10.4. The van der Waals surface area contributed by atoms with Crippen LogP contribution in [0.1, 0.15) is 38.1 Å². The fourth-order valence-electron chi connectivity index (χ4n) is 1.76. The Bertz CT molecular complexity index is 360. The molecule has 1 heterocycles. The average molecular weight is 240 g/mol. The van der Waals surface area contributed by atoms with Crippen LogP contribution >= 0.6 is 0 Å². The van der Waals surface area contributed by atoms with E-state index in [1.807, 2.05) is 6.92 Å². The Hall–Kier alpha value is -1.14. The maximum atomic E-state index is 5.65. The molecule has 0 spiro atoms. The third-order valence-corrected chi connectivity index (χ3v) is 3.24. The summed E-state index contributed by atoms with van der Waals surface area (Å²) in [6, 6.07) is 0.238. The van der Waals surface area contributed by atoms with Gasteiger partial charge in [-0.2, -0.15) is 0 Å². The summed E-state index contributed by atoms with van der Waals surface area (Å²) >= 11 is 0. The van der Waals surface area contributed by atoms with E-state index in [1.54, 1.807) is 7.11 Å². The number of aromatic nitrogens is 2. The molecule has 0 aromatic carbocycles. The number of methoxy groups -OCH3 is 1. The average Bonchev–Trinajstić information content (AvgIpc) is 2.91. The standard InChI is InChI=1S/C11H20N4O2/c1-8(12)9-14-15-10(17-9)13-7-11(3-4-11)5-6-16-2/h8H,3-7,12H2,1-2H3,(H,13,15). The van der Waals surface area contributed by atoms with Gasteiger partial charge in [0.1, 0.15) is 0 Å². The normalized spacial score (nSPS) is 19.0. The Labute approximate surface area is 101 Å². The summed E-state index contributed by atoms with van der Waals surface area (Å²) in [6.07, 6.45) is 3.54. The summed E-state index contributed by atoms with van der Waals surface area (Å²) < 4.78 is 10.5. The summed E-state index contributed by atoms with van der Waals surface area (Å²) in [7, 11) is 1.73. The predicted octanol–water partition coefficient (Wildman–Crippen LogP) is 1.32. The Morgan fingerprint density at radius 2 is 2.29 bits per heavy atom. The van der Waals surface area contributed by atoms with Crippen molar-refractivity contribution in [1.82, 2.24) is 10.2 Å². The van der Waals surface area contributed by atoms with E-state index >= 15 is 0 Å². The number of nitrogens with two attached hydrogens (primary N) is 1. The molecule has 0 radical (unpaired) electrons. The third kappa shape index (κ3) is 3.17. The molecule has 0 aliphatic heterocycles. The van der Waals surface area contributed by atoms with Gasteiger partial charge in [0.25, 0.3) is 0 Å². The molecule has 0 amide bonds. The van der Waals surface area contributed by atoms with Crippen LogP contribution in [0.15, 0.2) is 4.42 Å². The van der Waals surface area contributed by atoms with Crippen LogP contribution < -0.4 is 11.1 Å². The van der Waals surface area contributed by atoms with Gasteiger partial charge in [-0.3, -0.25) is 0 Å². The van der Waals surface area contributed by atoms with Gasteiger partial charge in [0, 0.05) is 20.3 Å². The highest BCUT2D eigenvalue weighted by atomic mass is 16.5. The van der Waals surface area contributed by atoms with Crippen molar-refractivity contribution in [2.75, 3.05) is 25.6 Å². The van der Waals surface area contributed by atoms with Crippen LogP contribution in [0.4, 0.5) is 6.01 Å². The molecule has 1 aliphatic rings. The fraction of sp³-hybridized carbons (Fsp3) is 0.818. The van der Waals surface area contributed by atoms with Crippen LogP contribution in [0.2, 0.25) is 0 Å². The number of nitrogens with one attached hydrogen (secondary N) is 1. The van der Waals surface area contributed by atoms with Crippen molar-refractivity contribution >= 4 is 6.01 Å². The first-order valence-electron chi connectivity index (χ1n) is 5.97. The summed E-state index contributed by atoms with van der Waals surface area (Å²) in [5.74, 6) is 0.467. The summed E-state index contributed by atoms with van der Waals surface area (Å²) in [5.41, 5.74) is 6.01. The number of anilines is 1. The van der Waals surface area contributed by atoms with Crippen LogP contribution in [0.5, 0.6) is 0 Å². The van der Waals surface area contributed by atoms with Crippen molar-refractivity contribution in [1.29, 1.82) is 0 Å². The van der Waals surface area contributed by atoms with Crippen molar-refractivity contribution in [3.8, 4) is 0 Å². The zero-order valence-corrected chi connectivity index (χ0v) is 10.4. The van der Waals surface area contributed by atoms with Gasteiger partial charge in [0.2, 0.25) is 5.89 Å². The molecular formula is C11H20N4O2.